The first-order chi connectivity index (χ1) is 6.24. The van der Waals surface area contributed by atoms with Crippen LogP contribution >= 0.6 is 0 Å². The fourth-order valence-corrected chi connectivity index (χ4v) is 1.90. The van der Waals surface area contributed by atoms with Crippen molar-refractivity contribution in [3.8, 4) is 0 Å². The van der Waals surface area contributed by atoms with Crippen molar-refractivity contribution in [2.45, 2.75) is 32.2 Å². The molecule has 1 saturated heterocycles. The Bertz CT molecular complexity index is 142. The van der Waals surface area contributed by atoms with E-state index < -0.39 is 6.43 Å². The van der Waals surface area contributed by atoms with E-state index in [1.807, 2.05) is 0 Å². The van der Waals surface area contributed by atoms with Crippen molar-refractivity contribution in [2.24, 2.45) is 0 Å². The van der Waals surface area contributed by atoms with Crippen LogP contribution in [0, 0.1) is 0 Å². The molecule has 1 fully saturated rings. The van der Waals surface area contributed by atoms with Crippen LogP contribution in [0.25, 0.3) is 0 Å². The van der Waals surface area contributed by atoms with Gasteiger partial charge in [0.05, 0.1) is 6.54 Å². The third kappa shape index (κ3) is 3.56. The Morgan fingerprint density at radius 3 is 2.92 bits per heavy atom. The molecule has 0 aliphatic carbocycles. The predicted octanol–water partition coefficient (Wildman–Crippen LogP) is 1.33. The number of hydrogen-bond donors (Lipinski definition) is 1. The molecule has 1 N–H and O–H groups in total. The molecule has 1 heterocycles. The first kappa shape index (κ1) is 10.9. The lowest BCUT2D eigenvalue weighted by molar-refractivity contribution is 0.141. The van der Waals surface area contributed by atoms with Gasteiger partial charge in [-0.25, -0.2) is 8.78 Å². The molecule has 0 aromatic heterocycles. The maximum Gasteiger partial charge on any atom is 0.250 e. The third-order valence-electron chi connectivity index (χ3n) is 2.58. The summed E-state index contributed by atoms with van der Waals surface area (Å²) >= 11 is 0. The summed E-state index contributed by atoms with van der Waals surface area (Å²) < 4.78 is 23.6. The summed E-state index contributed by atoms with van der Waals surface area (Å²) in [5.74, 6) is 0. The first-order valence-electron chi connectivity index (χ1n) is 4.97. The number of likely N-dealkylation sites (N-methyl/N-ethyl adjacent to an activating group) is 1. The Morgan fingerprint density at radius 1 is 1.54 bits per heavy atom. The zero-order valence-corrected chi connectivity index (χ0v) is 8.10. The van der Waals surface area contributed by atoms with Crippen molar-refractivity contribution in [1.82, 2.24) is 10.2 Å². The predicted molar refractivity (Wildman–Crippen MR) is 49.1 cm³/mol. The largest absolute Gasteiger partial charge is 0.310 e. The van der Waals surface area contributed by atoms with Gasteiger partial charge in [0, 0.05) is 12.6 Å². The summed E-state index contributed by atoms with van der Waals surface area (Å²) in [6, 6.07) is 0.476. The molecule has 1 aliphatic rings. The Labute approximate surface area is 78.3 Å². The van der Waals surface area contributed by atoms with Crippen LogP contribution in [0.4, 0.5) is 8.78 Å². The Kier molecular flexibility index (Phi) is 4.59. The maximum absolute atomic E-state index is 11.8. The number of likely N-dealkylation sites (tertiary alicyclic amines) is 1. The minimum atomic E-state index is -2.23. The smallest absolute Gasteiger partial charge is 0.250 e. The van der Waals surface area contributed by atoms with E-state index in [-0.39, 0.29) is 6.54 Å². The highest BCUT2D eigenvalue weighted by atomic mass is 19.3. The fourth-order valence-electron chi connectivity index (χ4n) is 1.90. The lowest BCUT2D eigenvalue weighted by Gasteiger charge is -2.22. The molecule has 1 unspecified atom stereocenters. The van der Waals surface area contributed by atoms with Crippen LogP contribution in [0.15, 0.2) is 0 Å². The molecule has 0 amide bonds. The average molecular weight is 192 g/mol. The number of nitrogens with one attached hydrogen (secondary N) is 1. The zero-order chi connectivity index (χ0) is 9.68. The molecule has 1 atom stereocenters. The number of halogens is 2. The van der Waals surface area contributed by atoms with E-state index in [1.54, 1.807) is 0 Å². The summed E-state index contributed by atoms with van der Waals surface area (Å²) in [6.07, 6.45) is 0.121. The van der Waals surface area contributed by atoms with Crippen LogP contribution in [0.5, 0.6) is 0 Å². The van der Waals surface area contributed by atoms with Crippen LogP contribution in [0.3, 0.4) is 0 Å². The molecule has 78 valence electrons. The van der Waals surface area contributed by atoms with E-state index in [4.69, 9.17) is 0 Å². The Balaban J connectivity index is 2.13. The van der Waals surface area contributed by atoms with Gasteiger partial charge in [-0.1, -0.05) is 6.92 Å². The lowest BCUT2D eigenvalue weighted by atomic mass is 10.2. The van der Waals surface area contributed by atoms with E-state index in [1.165, 1.54) is 6.42 Å². The van der Waals surface area contributed by atoms with Gasteiger partial charge in [0.15, 0.2) is 0 Å². The molecule has 0 aromatic carbocycles. The zero-order valence-electron chi connectivity index (χ0n) is 8.10. The van der Waals surface area contributed by atoms with Crippen molar-refractivity contribution < 1.29 is 8.78 Å². The van der Waals surface area contributed by atoms with Gasteiger partial charge in [-0.2, -0.15) is 0 Å². The van der Waals surface area contributed by atoms with Crippen LogP contribution < -0.4 is 5.32 Å². The number of rotatable bonds is 5. The topological polar surface area (TPSA) is 15.3 Å². The highest BCUT2D eigenvalue weighted by Gasteiger charge is 2.22. The second-order valence-corrected chi connectivity index (χ2v) is 3.47. The normalized spacial score (nSPS) is 24.5. The molecule has 0 saturated carbocycles. The summed E-state index contributed by atoms with van der Waals surface area (Å²) in [4.78, 5) is 2.35. The van der Waals surface area contributed by atoms with E-state index in [0.29, 0.717) is 12.6 Å². The standard InChI is InChI=1S/C9H18F2N2/c1-2-13-5-3-4-8(13)6-12-7-9(10)11/h8-9,12H,2-7H2,1H3. The molecule has 1 rings (SSSR count). The van der Waals surface area contributed by atoms with Gasteiger partial charge >= 0.3 is 0 Å². The van der Waals surface area contributed by atoms with E-state index in [0.717, 1.165) is 19.5 Å². The molecular formula is C9H18F2N2. The second kappa shape index (κ2) is 5.50. The summed E-state index contributed by atoms with van der Waals surface area (Å²) in [5.41, 5.74) is 0. The highest BCUT2D eigenvalue weighted by Crippen LogP contribution is 2.15. The lowest BCUT2D eigenvalue weighted by Crippen LogP contribution is -2.39. The van der Waals surface area contributed by atoms with Crippen LogP contribution in [-0.4, -0.2) is 43.5 Å². The molecule has 0 spiro atoms. The summed E-state index contributed by atoms with van der Waals surface area (Å²) in [7, 11) is 0. The monoisotopic (exact) mass is 192 g/mol. The van der Waals surface area contributed by atoms with E-state index in [2.05, 4.69) is 17.1 Å². The molecule has 4 heteroatoms. The van der Waals surface area contributed by atoms with Gasteiger partial charge in [0.25, 0.3) is 6.43 Å². The molecule has 1 aliphatic heterocycles. The quantitative estimate of drug-likeness (QED) is 0.707. The third-order valence-corrected chi connectivity index (χ3v) is 2.58. The number of alkyl halides is 2. The number of nitrogens with zero attached hydrogens (tertiary/aromatic N) is 1. The van der Waals surface area contributed by atoms with Crippen LogP contribution in [0.2, 0.25) is 0 Å². The van der Waals surface area contributed by atoms with Crippen molar-refractivity contribution >= 4 is 0 Å². The van der Waals surface area contributed by atoms with Gasteiger partial charge in [-0.15, -0.1) is 0 Å². The molecule has 0 bridgehead atoms. The number of hydrogen-bond acceptors (Lipinski definition) is 2. The minimum absolute atomic E-state index is 0.173. The van der Waals surface area contributed by atoms with Gasteiger partial charge in [-0.3, -0.25) is 4.90 Å². The van der Waals surface area contributed by atoms with Crippen molar-refractivity contribution in [3.63, 3.8) is 0 Å². The fraction of sp³-hybridized carbons (Fsp3) is 1.00. The summed E-state index contributed by atoms with van der Waals surface area (Å²) in [5, 5.41) is 2.80. The Hall–Kier alpha value is -0.220. The molecule has 2 nitrogen and oxygen atoms in total. The SMILES string of the molecule is CCN1CCCC1CNCC(F)F. The van der Waals surface area contributed by atoms with E-state index in [9.17, 15) is 8.78 Å². The Morgan fingerprint density at radius 2 is 2.31 bits per heavy atom. The molecule has 13 heavy (non-hydrogen) atoms. The average Bonchev–Trinajstić information content (AvgIpc) is 2.51. The van der Waals surface area contributed by atoms with Crippen molar-refractivity contribution in [2.75, 3.05) is 26.2 Å². The van der Waals surface area contributed by atoms with Crippen LogP contribution in [-0.2, 0) is 0 Å². The molecule has 0 aromatic rings. The first-order valence-corrected chi connectivity index (χ1v) is 4.97. The second-order valence-electron chi connectivity index (χ2n) is 3.47. The van der Waals surface area contributed by atoms with E-state index >= 15 is 0 Å². The minimum Gasteiger partial charge on any atom is -0.310 e. The summed E-state index contributed by atoms with van der Waals surface area (Å²) in [6.45, 7) is 4.80. The maximum atomic E-state index is 11.8. The van der Waals surface area contributed by atoms with Gasteiger partial charge in [0.1, 0.15) is 0 Å². The van der Waals surface area contributed by atoms with Crippen molar-refractivity contribution in [3.05, 3.63) is 0 Å². The molecular weight excluding hydrogens is 174 g/mol. The van der Waals surface area contributed by atoms with Crippen LogP contribution in [0.1, 0.15) is 19.8 Å². The highest BCUT2D eigenvalue weighted by molar-refractivity contribution is 4.79. The molecule has 0 radical (unpaired) electrons. The van der Waals surface area contributed by atoms with Gasteiger partial charge in [0.2, 0.25) is 0 Å². The van der Waals surface area contributed by atoms with Gasteiger partial charge in [-0.05, 0) is 25.9 Å². The van der Waals surface area contributed by atoms with Gasteiger partial charge < -0.3 is 5.32 Å². The van der Waals surface area contributed by atoms with Crippen molar-refractivity contribution in [1.29, 1.82) is 0 Å².